The van der Waals surface area contributed by atoms with Gasteiger partial charge in [-0.05, 0) is 42.0 Å². The molecule has 2 aliphatic heterocycles. The van der Waals surface area contributed by atoms with E-state index in [0.29, 0.717) is 25.6 Å². The second-order valence-corrected chi connectivity index (χ2v) is 9.08. The lowest BCUT2D eigenvalue weighted by atomic mass is 9.89. The number of amides is 1. The number of rotatable bonds is 4. The minimum atomic E-state index is -0.216. The van der Waals surface area contributed by atoms with Gasteiger partial charge in [0.2, 0.25) is 0 Å². The number of fused-ring (bicyclic) bond motifs is 1. The molecule has 0 spiro atoms. The maximum Gasteiger partial charge on any atom is 0.410 e. The van der Waals surface area contributed by atoms with Crippen molar-refractivity contribution < 1.29 is 9.53 Å². The molecule has 3 heterocycles. The number of nitrogens with one attached hydrogen (secondary N) is 1. The van der Waals surface area contributed by atoms with Gasteiger partial charge in [-0.25, -0.2) is 14.8 Å². The lowest BCUT2D eigenvalue weighted by Gasteiger charge is -2.43. The quantitative estimate of drug-likeness (QED) is 0.613. The number of benzene rings is 2. The Kier molecular flexibility index (Phi) is 6.35. The molecule has 2 aromatic carbocycles. The molecule has 3 aromatic rings. The van der Waals surface area contributed by atoms with Crippen LogP contribution in [0, 0.1) is 0 Å². The summed E-state index contributed by atoms with van der Waals surface area (Å²) in [6.45, 7) is 5.54. The van der Waals surface area contributed by atoms with Gasteiger partial charge in [0.05, 0.1) is 0 Å². The number of ether oxygens (including phenoxy) is 1. The molecule has 32 heavy (non-hydrogen) atoms. The SMILES string of the molecule is O=C(OCc1ccccc1)N1CCN(N2CCC(c3c[nH]c4cc(Cl)ccc34)CC2)CC1. The molecule has 0 saturated carbocycles. The first-order valence-corrected chi connectivity index (χ1v) is 11.8. The van der Waals surface area contributed by atoms with Crippen LogP contribution in [0.3, 0.4) is 0 Å². The zero-order valence-corrected chi connectivity index (χ0v) is 18.9. The summed E-state index contributed by atoms with van der Waals surface area (Å²) in [6.07, 6.45) is 4.21. The van der Waals surface area contributed by atoms with Crippen molar-refractivity contribution in [1.29, 1.82) is 0 Å². The minimum absolute atomic E-state index is 0.216. The maximum absolute atomic E-state index is 12.4. The van der Waals surface area contributed by atoms with E-state index in [1.807, 2.05) is 47.4 Å². The van der Waals surface area contributed by atoms with Gasteiger partial charge in [-0.3, -0.25) is 0 Å². The number of hydrazine groups is 1. The molecule has 1 aromatic heterocycles. The predicted octanol–water partition coefficient (Wildman–Crippen LogP) is 4.87. The maximum atomic E-state index is 12.4. The number of aromatic amines is 1. The molecule has 0 bridgehead atoms. The Hall–Kier alpha value is -2.54. The van der Waals surface area contributed by atoms with E-state index in [1.165, 1.54) is 10.9 Å². The number of carbonyl (C=O) groups is 1. The number of H-pyrrole nitrogens is 1. The Labute approximate surface area is 193 Å². The Morgan fingerprint density at radius 3 is 2.44 bits per heavy atom. The molecule has 7 heteroatoms. The summed E-state index contributed by atoms with van der Waals surface area (Å²) in [5.41, 5.74) is 3.54. The summed E-state index contributed by atoms with van der Waals surface area (Å²) in [6, 6.07) is 15.9. The van der Waals surface area contributed by atoms with E-state index in [2.05, 4.69) is 27.3 Å². The van der Waals surface area contributed by atoms with E-state index in [9.17, 15) is 4.79 Å². The molecular weight excluding hydrogens is 424 g/mol. The van der Waals surface area contributed by atoms with Crippen molar-refractivity contribution in [2.24, 2.45) is 0 Å². The third-order valence-electron chi connectivity index (χ3n) is 6.71. The fourth-order valence-corrected chi connectivity index (χ4v) is 5.06. The number of piperazine rings is 1. The number of aromatic nitrogens is 1. The standard InChI is InChI=1S/C25H29ClN4O2/c26-21-6-7-22-23(17-27-24(22)16-21)20-8-10-29(11-9-20)30-14-12-28(13-15-30)25(31)32-18-19-4-2-1-3-5-19/h1-7,16-17,20,27H,8-15,18H2. The van der Waals surface area contributed by atoms with Crippen LogP contribution < -0.4 is 0 Å². The van der Waals surface area contributed by atoms with Gasteiger partial charge in [0.1, 0.15) is 6.61 Å². The highest BCUT2D eigenvalue weighted by Crippen LogP contribution is 2.34. The van der Waals surface area contributed by atoms with Gasteiger partial charge in [-0.1, -0.05) is 48.0 Å². The second kappa shape index (κ2) is 9.53. The summed E-state index contributed by atoms with van der Waals surface area (Å²) >= 11 is 6.13. The van der Waals surface area contributed by atoms with Crippen LogP contribution in [-0.2, 0) is 11.3 Å². The first-order chi connectivity index (χ1) is 15.7. The molecule has 0 radical (unpaired) electrons. The molecule has 6 nitrogen and oxygen atoms in total. The van der Waals surface area contributed by atoms with E-state index in [1.54, 1.807) is 0 Å². The highest BCUT2D eigenvalue weighted by Gasteiger charge is 2.29. The van der Waals surface area contributed by atoms with E-state index in [0.717, 1.165) is 55.1 Å². The molecule has 168 valence electrons. The molecular formula is C25H29ClN4O2. The zero-order valence-electron chi connectivity index (χ0n) is 18.2. The molecule has 0 unspecified atom stereocenters. The van der Waals surface area contributed by atoms with Crippen molar-refractivity contribution in [3.8, 4) is 0 Å². The first-order valence-electron chi connectivity index (χ1n) is 11.4. The number of carbonyl (C=O) groups excluding carboxylic acids is 1. The largest absolute Gasteiger partial charge is 0.445 e. The van der Waals surface area contributed by atoms with Crippen molar-refractivity contribution in [1.82, 2.24) is 19.9 Å². The van der Waals surface area contributed by atoms with Crippen LogP contribution in [0.5, 0.6) is 0 Å². The van der Waals surface area contributed by atoms with Crippen LogP contribution in [-0.4, -0.2) is 65.3 Å². The van der Waals surface area contributed by atoms with Crippen LogP contribution >= 0.6 is 11.6 Å². The van der Waals surface area contributed by atoms with Crippen molar-refractivity contribution in [2.75, 3.05) is 39.3 Å². The molecule has 1 amide bonds. The third-order valence-corrected chi connectivity index (χ3v) is 6.94. The van der Waals surface area contributed by atoms with Gasteiger partial charge in [0.15, 0.2) is 0 Å². The van der Waals surface area contributed by atoms with Crippen molar-refractivity contribution >= 4 is 28.6 Å². The first kappa shape index (κ1) is 21.3. The van der Waals surface area contributed by atoms with Crippen LogP contribution in [0.4, 0.5) is 4.79 Å². The number of halogens is 1. The molecule has 2 fully saturated rings. The second-order valence-electron chi connectivity index (χ2n) is 8.64. The molecule has 5 rings (SSSR count). The number of nitrogens with zero attached hydrogens (tertiary/aromatic N) is 3. The molecule has 2 aliphatic rings. The number of hydrogen-bond acceptors (Lipinski definition) is 4. The van der Waals surface area contributed by atoms with Gasteiger partial charge >= 0.3 is 6.09 Å². The summed E-state index contributed by atoms with van der Waals surface area (Å²) in [5.74, 6) is 0.565. The monoisotopic (exact) mass is 452 g/mol. The minimum Gasteiger partial charge on any atom is -0.445 e. The van der Waals surface area contributed by atoms with E-state index in [-0.39, 0.29) is 6.09 Å². The highest BCUT2D eigenvalue weighted by atomic mass is 35.5. The summed E-state index contributed by atoms with van der Waals surface area (Å²) in [4.78, 5) is 17.6. The van der Waals surface area contributed by atoms with Crippen LogP contribution in [0.15, 0.2) is 54.7 Å². The summed E-state index contributed by atoms with van der Waals surface area (Å²) < 4.78 is 5.49. The van der Waals surface area contributed by atoms with Crippen molar-refractivity contribution in [3.05, 3.63) is 70.9 Å². The van der Waals surface area contributed by atoms with Crippen molar-refractivity contribution in [2.45, 2.75) is 25.4 Å². The van der Waals surface area contributed by atoms with Gasteiger partial charge < -0.3 is 14.6 Å². The lowest BCUT2D eigenvalue weighted by molar-refractivity contribution is -0.0689. The van der Waals surface area contributed by atoms with Gasteiger partial charge in [-0.2, -0.15) is 0 Å². The molecule has 2 saturated heterocycles. The number of piperidine rings is 1. The zero-order chi connectivity index (χ0) is 21.9. The van der Waals surface area contributed by atoms with Crippen LogP contribution in [0.2, 0.25) is 5.02 Å². The average Bonchev–Trinajstić information content (AvgIpc) is 3.26. The Bertz CT molecular complexity index is 1050. The van der Waals surface area contributed by atoms with E-state index >= 15 is 0 Å². The van der Waals surface area contributed by atoms with Crippen LogP contribution in [0.25, 0.3) is 10.9 Å². The topological polar surface area (TPSA) is 51.8 Å². The third kappa shape index (κ3) is 4.63. The van der Waals surface area contributed by atoms with E-state index in [4.69, 9.17) is 16.3 Å². The lowest BCUT2D eigenvalue weighted by Crippen LogP contribution is -2.56. The fraction of sp³-hybridized carbons (Fsp3) is 0.400. The Balaban J connectivity index is 1.09. The number of hydrogen-bond donors (Lipinski definition) is 1. The van der Waals surface area contributed by atoms with E-state index < -0.39 is 0 Å². The van der Waals surface area contributed by atoms with Gasteiger partial charge in [0, 0.05) is 61.4 Å². The Morgan fingerprint density at radius 1 is 0.969 bits per heavy atom. The highest BCUT2D eigenvalue weighted by molar-refractivity contribution is 6.31. The van der Waals surface area contributed by atoms with Gasteiger partial charge in [0.25, 0.3) is 0 Å². The van der Waals surface area contributed by atoms with Crippen molar-refractivity contribution in [3.63, 3.8) is 0 Å². The fourth-order valence-electron chi connectivity index (χ4n) is 4.89. The summed E-state index contributed by atoms with van der Waals surface area (Å²) in [5, 5.41) is 6.93. The average molecular weight is 453 g/mol. The molecule has 0 aliphatic carbocycles. The van der Waals surface area contributed by atoms with Gasteiger partial charge in [-0.15, -0.1) is 0 Å². The summed E-state index contributed by atoms with van der Waals surface area (Å²) in [7, 11) is 0. The smallest absolute Gasteiger partial charge is 0.410 e. The van der Waals surface area contributed by atoms with Crippen LogP contribution in [0.1, 0.15) is 29.9 Å². The molecule has 1 N–H and O–H groups in total. The Morgan fingerprint density at radius 2 is 1.69 bits per heavy atom. The molecule has 0 atom stereocenters. The predicted molar refractivity (Wildman–Crippen MR) is 127 cm³/mol. The normalized spacial score (nSPS) is 18.8.